The fraction of sp³-hybridized carbons (Fsp3) is 0.389. The number of nitrogens with zero attached hydrogens (tertiary/aromatic N) is 2. The molecule has 1 aromatic heterocycles. The van der Waals surface area contributed by atoms with E-state index in [1.54, 1.807) is 12.0 Å². The van der Waals surface area contributed by atoms with E-state index in [0.717, 1.165) is 5.56 Å². The van der Waals surface area contributed by atoms with Crippen LogP contribution >= 0.6 is 0 Å². The molecule has 0 saturated carbocycles. The summed E-state index contributed by atoms with van der Waals surface area (Å²) < 4.78 is 11.1. The number of H-pyrrole nitrogens is 1. The van der Waals surface area contributed by atoms with Gasteiger partial charge in [0.2, 0.25) is 5.91 Å². The predicted octanol–water partition coefficient (Wildman–Crippen LogP) is 1.25. The minimum absolute atomic E-state index is 0.00981. The van der Waals surface area contributed by atoms with E-state index in [9.17, 15) is 9.59 Å². The summed E-state index contributed by atoms with van der Waals surface area (Å²) in [6.07, 6.45) is 1.08. The lowest BCUT2D eigenvalue weighted by Crippen LogP contribution is -2.43. The Morgan fingerprint density at radius 1 is 1.42 bits per heavy atom. The van der Waals surface area contributed by atoms with Crippen molar-refractivity contribution in [2.24, 2.45) is 5.92 Å². The maximum Gasteiger partial charge on any atom is 0.356 e. The number of ether oxygens (including phenoxy) is 2. The number of nitrogens with one attached hydrogen (secondary N) is 1. The van der Waals surface area contributed by atoms with E-state index in [4.69, 9.17) is 14.6 Å². The number of carboxylic acids is 1. The molecule has 3 heterocycles. The molecule has 0 radical (unpaired) electrons. The van der Waals surface area contributed by atoms with Gasteiger partial charge in [0.05, 0.1) is 25.3 Å². The first kappa shape index (κ1) is 16.4. The summed E-state index contributed by atoms with van der Waals surface area (Å²) in [6.45, 7) is 1.13. The van der Waals surface area contributed by atoms with Crippen molar-refractivity contribution >= 4 is 11.9 Å². The van der Waals surface area contributed by atoms with Crippen molar-refractivity contribution in [3.05, 3.63) is 40.7 Å². The van der Waals surface area contributed by atoms with E-state index in [0.29, 0.717) is 55.3 Å². The van der Waals surface area contributed by atoms with Crippen LogP contribution in [0, 0.1) is 5.92 Å². The van der Waals surface area contributed by atoms with E-state index < -0.39 is 5.97 Å². The van der Waals surface area contributed by atoms with Crippen molar-refractivity contribution in [2.45, 2.75) is 19.4 Å². The molecular weight excluding hydrogens is 338 g/mol. The Labute approximate surface area is 149 Å². The lowest BCUT2D eigenvalue weighted by molar-refractivity contribution is -0.138. The molecule has 0 bridgehead atoms. The highest BCUT2D eigenvalue weighted by atomic mass is 16.5. The molecule has 136 valence electrons. The highest BCUT2D eigenvalue weighted by molar-refractivity contribution is 5.87. The number of aromatic amines is 1. The maximum absolute atomic E-state index is 12.9. The van der Waals surface area contributed by atoms with E-state index in [-0.39, 0.29) is 17.5 Å². The van der Waals surface area contributed by atoms with Crippen LogP contribution < -0.4 is 9.47 Å². The van der Waals surface area contributed by atoms with Crippen LogP contribution in [0.2, 0.25) is 0 Å². The van der Waals surface area contributed by atoms with Crippen LogP contribution in [0.1, 0.15) is 27.3 Å². The first-order valence-corrected chi connectivity index (χ1v) is 8.45. The number of aromatic nitrogens is 2. The van der Waals surface area contributed by atoms with Gasteiger partial charge in [-0.05, 0) is 24.5 Å². The molecule has 26 heavy (non-hydrogen) atoms. The minimum Gasteiger partial charge on any atom is -0.493 e. The second kappa shape index (κ2) is 6.36. The Morgan fingerprint density at radius 3 is 3.04 bits per heavy atom. The summed E-state index contributed by atoms with van der Waals surface area (Å²) in [5.74, 6) is 0.0800. The fourth-order valence-electron chi connectivity index (χ4n) is 3.65. The number of carboxylic acid groups (broad SMARTS) is 1. The zero-order valence-corrected chi connectivity index (χ0v) is 14.3. The first-order chi connectivity index (χ1) is 12.6. The topological polar surface area (TPSA) is 105 Å². The molecule has 1 unspecified atom stereocenters. The van der Waals surface area contributed by atoms with E-state index >= 15 is 0 Å². The van der Waals surface area contributed by atoms with Crippen LogP contribution in [0.4, 0.5) is 0 Å². The van der Waals surface area contributed by atoms with Gasteiger partial charge in [-0.2, -0.15) is 5.10 Å². The standard InChI is InChI=1S/C18H19N3O5/c1-25-14-4-2-3-10-7-11(9-26-16(10)14)17(22)21-6-5-12-13(8-21)19-20-15(12)18(23)24/h2-4,11H,5-9H2,1H3,(H,19,20)(H,23,24). The van der Waals surface area contributed by atoms with Crippen LogP contribution in [-0.2, 0) is 24.2 Å². The first-order valence-electron chi connectivity index (χ1n) is 8.45. The summed E-state index contributed by atoms with van der Waals surface area (Å²) in [7, 11) is 1.59. The monoisotopic (exact) mass is 357 g/mol. The van der Waals surface area contributed by atoms with Crippen molar-refractivity contribution in [3.63, 3.8) is 0 Å². The van der Waals surface area contributed by atoms with Crippen LogP contribution in [0.3, 0.4) is 0 Å². The summed E-state index contributed by atoms with van der Waals surface area (Å²) in [5.41, 5.74) is 2.40. The number of carbonyl (C=O) groups is 2. The molecule has 4 rings (SSSR count). The fourth-order valence-corrected chi connectivity index (χ4v) is 3.65. The summed E-state index contributed by atoms with van der Waals surface area (Å²) >= 11 is 0. The molecule has 8 heteroatoms. The van der Waals surface area contributed by atoms with E-state index in [1.165, 1.54) is 0 Å². The van der Waals surface area contributed by atoms with Gasteiger partial charge in [-0.1, -0.05) is 12.1 Å². The molecule has 0 fully saturated rings. The second-order valence-electron chi connectivity index (χ2n) is 6.50. The number of aromatic carboxylic acids is 1. The van der Waals surface area contributed by atoms with Gasteiger partial charge in [0.15, 0.2) is 17.2 Å². The largest absolute Gasteiger partial charge is 0.493 e. The number of amides is 1. The molecule has 0 saturated heterocycles. The molecule has 1 atom stereocenters. The SMILES string of the molecule is COc1cccc2c1OCC(C(=O)N1CCc3c(C(=O)O)n[nH]c3C1)C2. The van der Waals surface area contributed by atoms with Crippen molar-refractivity contribution in [3.8, 4) is 11.5 Å². The number of benzene rings is 1. The molecule has 2 aromatic rings. The van der Waals surface area contributed by atoms with Gasteiger partial charge in [-0.3, -0.25) is 9.89 Å². The number of hydrogen-bond acceptors (Lipinski definition) is 5. The molecule has 1 amide bonds. The molecule has 1 aromatic carbocycles. The zero-order chi connectivity index (χ0) is 18.3. The highest BCUT2D eigenvalue weighted by Gasteiger charge is 2.34. The van der Waals surface area contributed by atoms with Crippen LogP contribution in [-0.4, -0.2) is 52.3 Å². The summed E-state index contributed by atoms with van der Waals surface area (Å²) in [5, 5.41) is 15.8. The number of para-hydroxylation sites is 1. The van der Waals surface area contributed by atoms with Crippen molar-refractivity contribution in [1.82, 2.24) is 15.1 Å². The lowest BCUT2D eigenvalue weighted by Gasteiger charge is -2.32. The Bertz CT molecular complexity index is 876. The van der Waals surface area contributed by atoms with Gasteiger partial charge in [0, 0.05) is 12.1 Å². The number of fused-ring (bicyclic) bond motifs is 2. The van der Waals surface area contributed by atoms with Crippen molar-refractivity contribution in [1.29, 1.82) is 0 Å². The van der Waals surface area contributed by atoms with Gasteiger partial charge in [-0.15, -0.1) is 0 Å². The lowest BCUT2D eigenvalue weighted by atomic mass is 9.94. The highest BCUT2D eigenvalue weighted by Crippen LogP contribution is 2.36. The third kappa shape index (κ3) is 2.67. The minimum atomic E-state index is -1.05. The number of hydrogen-bond donors (Lipinski definition) is 2. The number of rotatable bonds is 3. The van der Waals surface area contributed by atoms with Crippen molar-refractivity contribution in [2.75, 3.05) is 20.3 Å². The molecular formula is C18H19N3O5. The average Bonchev–Trinajstić information content (AvgIpc) is 3.09. The summed E-state index contributed by atoms with van der Waals surface area (Å²) in [4.78, 5) is 25.8. The van der Waals surface area contributed by atoms with E-state index in [1.807, 2.05) is 18.2 Å². The summed E-state index contributed by atoms with van der Waals surface area (Å²) in [6, 6.07) is 5.67. The molecule has 2 aliphatic rings. The van der Waals surface area contributed by atoms with Gasteiger partial charge in [0.25, 0.3) is 0 Å². The molecule has 8 nitrogen and oxygen atoms in total. The second-order valence-corrected chi connectivity index (χ2v) is 6.50. The molecule has 0 aliphatic carbocycles. The predicted molar refractivity (Wildman–Crippen MR) is 90.4 cm³/mol. The van der Waals surface area contributed by atoms with E-state index in [2.05, 4.69) is 10.2 Å². The number of carbonyl (C=O) groups excluding carboxylic acids is 1. The van der Waals surface area contributed by atoms with Gasteiger partial charge in [0.1, 0.15) is 6.61 Å². The zero-order valence-electron chi connectivity index (χ0n) is 14.3. The maximum atomic E-state index is 12.9. The smallest absolute Gasteiger partial charge is 0.356 e. The van der Waals surface area contributed by atoms with Crippen LogP contribution in [0.5, 0.6) is 11.5 Å². The molecule has 2 aliphatic heterocycles. The Hall–Kier alpha value is -3.03. The van der Waals surface area contributed by atoms with Crippen LogP contribution in [0.25, 0.3) is 0 Å². The van der Waals surface area contributed by atoms with Gasteiger partial charge in [-0.25, -0.2) is 4.79 Å². The average molecular weight is 357 g/mol. The Balaban J connectivity index is 1.49. The normalized spacial score (nSPS) is 18.5. The van der Waals surface area contributed by atoms with Gasteiger partial charge < -0.3 is 19.5 Å². The van der Waals surface area contributed by atoms with Gasteiger partial charge >= 0.3 is 5.97 Å². The Kier molecular flexibility index (Phi) is 4.02. The van der Waals surface area contributed by atoms with Crippen LogP contribution in [0.15, 0.2) is 18.2 Å². The van der Waals surface area contributed by atoms with Crippen molar-refractivity contribution < 1.29 is 24.2 Å². The molecule has 2 N–H and O–H groups in total. The quantitative estimate of drug-likeness (QED) is 0.857. The third-order valence-corrected chi connectivity index (χ3v) is 4.97. The number of methoxy groups -OCH3 is 1. The molecule has 0 spiro atoms. The third-order valence-electron chi connectivity index (χ3n) is 4.97. The Morgan fingerprint density at radius 2 is 2.27 bits per heavy atom.